The number of nitrogens with zero attached hydrogens (tertiary/aromatic N) is 1. The van der Waals surface area contributed by atoms with Gasteiger partial charge in [-0.15, -0.1) is 0 Å². The second-order valence-corrected chi connectivity index (χ2v) is 4.16. The van der Waals surface area contributed by atoms with Crippen LogP contribution in [0.2, 0.25) is 0 Å². The summed E-state index contributed by atoms with van der Waals surface area (Å²) in [5, 5.41) is 0.612. The zero-order valence-electron chi connectivity index (χ0n) is 8.80. The fourth-order valence-corrected chi connectivity index (χ4v) is 2.00. The maximum atomic E-state index is 10.2. The first-order valence-electron chi connectivity index (χ1n) is 4.86. The molecule has 2 heterocycles. The molecule has 16 heavy (non-hydrogen) atoms. The largest absolute Gasteiger partial charge is 0.473 e. The Bertz CT molecular complexity index is 475. The molecular weight excluding hydrogens is 226 g/mol. The van der Waals surface area contributed by atoms with Crippen molar-refractivity contribution in [2.45, 2.75) is 12.8 Å². The van der Waals surface area contributed by atoms with Gasteiger partial charge in [-0.05, 0) is 12.1 Å². The van der Waals surface area contributed by atoms with Crippen molar-refractivity contribution in [3.63, 3.8) is 0 Å². The molecular formula is C11H11NO3S. The molecule has 0 aliphatic rings. The number of carbonyl (C=O) groups excluding carboxylic acids is 1. The van der Waals surface area contributed by atoms with Crippen molar-refractivity contribution in [3.05, 3.63) is 24.1 Å². The van der Waals surface area contributed by atoms with Crippen molar-refractivity contribution in [1.29, 1.82) is 0 Å². The van der Waals surface area contributed by atoms with Crippen LogP contribution in [0.4, 0.5) is 0 Å². The Morgan fingerprint density at radius 2 is 2.44 bits per heavy atom. The smallest absolute Gasteiger partial charge is 0.273 e. The zero-order valence-corrected chi connectivity index (χ0v) is 9.62. The standard InChI is InChI=1S/C11H11NO3S/c1-14-11-12-7-10(16-11)9-5-4-8(15-9)3-2-6-13/h4-7H,2-3H2,1H3. The van der Waals surface area contributed by atoms with Crippen molar-refractivity contribution in [2.24, 2.45) is 0 Å². The van der Waals surface area contributed by atoms with Crippen LogP contribution in [0, 0.1) is 0 Å². The molecule has 2 aromatic rings. The van der Waals surface area contributed by atoms with Crippen LogP contribution in [0.15, 0.2) is 22.7 Å². The molecule has 0 aliphatic carbocycles. The summed E-state index contributed by atoms with van der Waals surface area (Å²) < 4.78 is 10.6. The van der Waals surface area contributed by atoms with Crippen LogP contribution in [0.25, 0.3) is 10.6 Å². The Hall–Kier alpha value is -1.62. The van der Waals surface area contributed by atoms with Crippen molar-refractivity contribution in [3.8, 4) is 15.8 Å². The van der Waals surface area contributed by atoms with Gasteiger partial charge in [0.15, 0.2) is 0 Å². The first-order valence-corrected chi connectivity index (χ1v) is 5.67. The molecule has 0 bridgehead atoms. The molecule has 0 saturated carbocycles. The number of ether oxygens (including phenoxy) is 1. The number of furan rings is 1. The normalized spacial score (nSPS) is 10.3. The van der Waals surface area contributed by atoms with Crippen molar-refractivity contribution in [2.75, 3.05) is 7.11 Å². The Morgan fingerprint density at radius 3 is 3.12 bits per heavy atom. The maximum Gasteiger partial charge on any atom is 0.273 e. The third kappa shape index (κ3) is 2.30. The van der Waals surface area contributed by atoms with Crippen LogP contribution in [0.3, 0.4) is 0 Å². The summed E-state index contributed by atoms with van der Waals surface area (Å²) in [6, 6.07) is 3.76. The number of thiazole rings is 1. The van der Waals surface area contributed by atoms with Crippen LogP contribution >= 0.6 is 11.3 Å². The van der Waals surface area contributed by atoms with Gasteiger partial charge in [-0.1, -0.05) is 11.3 Å². The predicted octanol–water partition coefficient (Wildman–Crippen LogP) is 2.54. The number of methoxy groups -OCH3 is 1. The molecule has 0 spiro atoms. The van der Waals surface area contributed by atoms with Gasteiger partial charge in [-0.3, -0.25) is 0 Å². The minimum absolute atomic E-state index is 0.485. The summed E-state index contributed by atoms with van der Waals surface area (Å²) in [5.74, 6) is 1.58. The quantitative estimate of drug-likeness (QED) is 0.750. The van der Waals surface area contributed by atoms with E-state index in [0.29, 0.717) is 18.0 Å². The van der Waals surface area contributed by atoms with E-state index in [1.54, 1.807) is 13.3 Å². The van der Waals surface area contributed by atoms with Gasteiger partial charge in [0.25, 0.3) is 5.19 Å². The van der Waals surface area contributed by atoms with E-state index in [1.807, 2.05) is 12.1 Å². The summed E-state index contributed by atoms with van der Waals surface area (Å²) >= 11 is 1.43. The maximum absolute atomic E-state index is 10.2. The van der Waals surface area contributed by atoms with Gasteiger partial charge in [0, 0.05) is 12.8 Å². The molecule has 0 unspecified atom stereocenters. The molecule has 2 aromatic heterocycles. The van der Waals surface area contributed by atoms with Gasteiger partial charge < -0.3 is 13.9 Å². The van der Waals surface area contributed by atoms with E-state index < -0.39 is 0 Å². The number of rotatable bonds is 5. The number of aromatic nitrogens is 1. The van der Waals surface area contributed by atoms with Crippen LogP contribution in [-0.4, -0.2) is 18.4 Å². The molecule has 0 atom stereocenters. The number of carbonyl (C=O) groups is 1. The molecule has 0 fully saturated rings. The fourth-order valence-electron chi connectivity index (χ4n) is 1.31. The number of hydrogen-bond acceptors (Lipinski definition) is 5. The van der Waals surface area contributed by atoms with E-state index in [9.17, 15) is 4.79 Å². The third-order valence-electron chi connectivity index (χ3n) is 2.07. The zero-order chi connectivity index (χ0) is 11.4. The summed E-state index contributed by atoms with van der Waals surface area (Å²) in [6.07, 6.45) is 3.72. The molecule has 0 N–H and O–H groups in total. The SMILES string of the molecule is COc1ncc(-c2ccc(CCC=O)o2)s1. The molecule has 0 amide bonds. The van der Waals surface area contributed by atoms with E-state index >= 15 is 0 Å². The lowest BCUT2D eigenvalue weighted by Crippen LogP contribution is -1.81. The van der Waals surface area contributed by atoms with Crippen LogP contribution in [-0.2, 0) is 11.2 Å². The molecule has 84 valence electrons. The molecule has 0 radical (unpaired) electrons. The summed E-state index contributed by atoms with van der Waals surface area (Å²) in [5.41, 5.74) is 0. The first kappa shape index (κ1) is 10.9. The highest BCUT2D eigenvalue weighted by Gasteiger charge is 2.08. The number of aryl methyl sites for hydroxylation is 1. The molecule has 5 heteroatoms. The van der Waals surface area contributed by atoms with E-state index in [1.165, 1.54) is 11.3 Å². The van der Waals surface area contributed by atoms with Crippen molar-refractivity contribution in [1.82, 2.24) is 4.98 Å². The lowest BCUT2D eigenvalue weighted by molar-refractivity contribution is -0.107. The van der Waals surface area contributed by atoms with Gasteiger partial charge in [-0.2, -0.15) is 0 Å². The number of hydrogen-bond donors (Lipinski definition) is 0. The molecule has 2 rings (SSSR count). The average Bonchev–Trinajstić information content (AvgIpc) is 2.94. The topological polar surface area (TPSA) is 52.3 Å². The summed E-state index contributed by atoms with van der Waals surface area (Å²) in [7, 11) is 1.58. The first-order chi connectivity index (χ1) is 7.83. The molecule has 0 aliphatic heterocycles. The van der Waals surface area contributed by atoms with Crippen LogP contribution < -0.4 is 4.74 Å². The highest BCUT2D eigenvalue weighted by atomic mass is 32.1. The lowest BCUT2D eigenvalue weighted by atomic mass is 10.3. The van der Waals surface area contributed by atoms with E-state index in [4.69, 9.17) is 9.15 Å². The third-order valence-corrected chi connectivity index (χ3v) is 3.05. The highest BCUT2D eigenvalue weighted by Crippen LogP contribution is 2.31. The van der Waals surface area contributed by atoms with Gasteiger partial charge in [0.2, 0.25) is 0 Å². The van der Waals surface area contributed by atoms with E-state index in [0.717, 1.165) is 22.7 Å². The Balaban J connectivity index is 2.14. The Morgan fingerprint density at radius 1 is 1.56 bits per heavy atom. The van der Waals surface area contributed by atoms with Gasteiger partial charge >= 0.3 is 0 Å². The van der Waals surface area contributed by atoms with Crippen molar-refractivity contribution >= 4 is 17.6 Å². The second-order valence-electron chi connectivity index (χ2n) is 3.17. The second kappa shape index (κ2) is 4.94. The average molecular weight is 237 g/mol. The summed E-state index contributed by atoms with van der Waals surface area (Å²) in [6.45, 7) is 0. The fraction of sp³-hybridized carbons (Fsp3) is 0.273. The minimum Gasteiger partial charge on any atom is -0.473 e. The summed E-state index contributed by atoms with van der Waals surface area (Å²) in [4.78, 5) is 15.2. The van der Waals surface area contributed by atoms with Gasteiger partial charge in [-0.25, -0.2) is 4.98 Å². The Labute approximate surface area is 96.9 Å². The molecule has 4 nitrogen and oxygen atoms in total. The van der Waals surface area contributed by atoms with Crippen LogP contribution in [0.5, 0.6) is 5.19 Å². The van der Waals surface area contributed by atoms with Crippen molar-refractivity contribution < 1.29 is 13.9 Å². The molecule has 0 saturated heterocycles. The van der Waals surface area contributed by atoms with Gasteiger partial charge in [0.05, 0.1) is 18.2 Å². The monoisotopic (exact) mass is 237 g/mol. The number of aldehydes is 1. The predicted molar refractivity (Wildman–Crippen MR) is 60.8 cm³/mol. The Kier molecular flexibility index (Phi) is 3.36. The minimum atomic E-state index is 0.485. The lowest BCUT2D eigenvalue weighted by Gasteiger charge is -1.91. The van der Waals surface area contributed by atoms with Gasteiger partial charge in [0.1, 0.15) is 17.8 Å². The van der Waals surface area contributed by atoms with E-state index in [-0.39, 0.29) is 0 Å². The van der Waals surface area contributed by atoms with Crippen LogP contribution in [0.1, 0.15) is 12.2 Å². The molecule has 0 aromatic carbocycles. The van der Waals surface area contributed by atoms with E-state index in [2.05, 4.69) is 4.98 Å². The highest BCUT2D eigenvalue weighted by molar-refractivity contribution is 7.16.